The van der Waals surface area contributed by atoms with E-state index in [1.54, 1.807) is 12.1 Å². The lowest BCUT2D eigenvalue weighted by Crippen LogP contribution is -2.23. The van der Waals surface area contributed by atoms with Crippen LogP contribution >= 0.6 is 0 Å². The summed E-state index contributed by atoms with van der Waals surface area (Å²) in [6.45, 7) is -0.939. The summed E-state index contributed by atoms with van der Waals surface area (Å²) in [4.78, 5) is 23.6. The van der Waals surface area contributed by atoms with E-state index in [-0.39, 0.29) is 5.75 Å². The quantitative estimate of drug-likeness (QED) is 0.689. The number of ether oxygens (including phenoxy) is 2. The number of hydrogen-bond acceptors (Lipinski definition) is 4. The first-order valence-corrected chi connectivity index (χ1v) is 7.94. The molecular formula is C20H16FNO4. The fourth-order valence-electron chi connectivity index (χ4n) is 2.41. The number of halogens is 1. The summed E-state index contributed by atoms with van der Waals surface area (Å²) in [5.74, 6) is -1.86. The summed E-state index contributed by atoms with van der Waals surface area (Å²) in [5, 5.41) is 4.58. The molecule has 5 nitrogen and oxygen atoms in total. The number of para-hydroxylation sites is 1. The molecule has 0 bridgehead atoms. The fourth-order valence-corrected chi connectivity index (χ4v) is 2.41. The third kappa shape index (κ3) is 4.36. The van der Waals surface area contributed by atoms with Crippen molar-refractivity contribution >= 4 is 28.3 Å². The monoisotopic (exact) mass is 353 g/mol. The van der Waals surface area contributed by atoms with Crippen molar-refractivity contribution in [2.45, 2.75) is 0 Å². The fraction of sp³-hybridized carbons (Fsp3) is 0.100. The lowest BCUT2D eigenvalue weighted by atomic mass is 10.1. The van der Waals surface area contributed by atoms with Gasteiger partial charge in [0.25, 0.3) is 5.91 Å². The molecule has 0 saturated heterocycles. The predicted molar refractivity (Wildman–Crippen MR) is 95.4 cm³/mol. The molecule has 1 amide bonds. The Hall–Kier alpha value is -3.41. The molecule has 0 aromatic heterocycles. The van der Waals surface area contributed by atoms with Crippen molar-refractivity contribution in [3.05, 3.63) is 72.5 Å². The first-order chi connectivity index (χ1) is 12.6. The van der Waals surface area contributed by atoms with Crippen molar-refractivity contribution < 1.29 is 23.5 Å². The van der Waals surface area contributed by atoms with Crippen LogP contribution in [0.4, 0.5) is 10.1 Å². The Bertz CT molecular complexity index is 937. The number of carbonyl (C=O) groups is 2. The van der Waals surface area contributed by atoms with Crippen LogP contribution in [0.2, 0.25) is 0 Å². The zero-order valence-corrected chi connectivity index (χ0v) is 13.8. The number of carbonyl (C=O) groups excluding carboxylic acids is 2. The van der Waals surface area contributed by atoms with Crippen LogP contribution in [0.15, 0.2) is 66.7 Å². The minimum atomic E-state index is -0.763. The maximum absolute atomic E-state index is 13.4. The maximum Gasteiger partial charge on any atom is 0.344 e. The first kappa shape index (κ1) is 17.4. The predicted octanol–water partition coefficient (Wildman–Crippen LogP) is 3.54. The molecule has 26 heavy (non-hydrogen) atoms. The Labute approximate surface area is 149 Å². The zero-order valence-electron chi connectivity index (χ0n) is 13.8. The van der Waals surface area contributed by atoms with Gasteiger partial charge in [-0.15, -0.1) is 0 Å². The third-order valence-electron chi connectivity index (χ3n) is 3.61. The second-order valence-corrected chi connectivity index (χ2v) is 5.45. The summed E-state index contributed by atoms with van der Waals surface area (Å²) < 4.78 is 23.3. The van der Waals surface area contributed by atoms with Gasteiger partial charge >= 0.3 is 5.97 Å². The zero-order chi connectivity index (χ0) is 18.4. The molecule has 0 atom stereocenters. The number of rotatable bonds is 6. The van der Waals surface area contributed by atoms with Crippen molar-refractivity contribution in [3.8, 4) is 5.75 Å². The van der Waals surface area contributed by atoms with Crippen LogP contribution in [0, 0.1) is 5.82 Å². The van der Waals surface area contributed by atoms with E-state index in [0.717, 1.165) is 10.8 Å². The van der Waals surface area contributed by atoms with Crippen molar-refractivity contribution in [1.82, 2.24) is 0 Å². The standard InChI is InChI=1S/C20H16FNO4/c21-16-9-3-4-11-18(16)25-13-20(24)26-12-19(23)22-17-10-5-7-14-6-1-2-8-15(14)17/h1-11H,12-13H2,(H,22,23). The number of anilines is 1. The molecule has 0 unspecified atom stereocenters. The molecule has 132 valence electrons. The number of fused-ring (bicyclic) bond motifs is 1. The van der Waals surface area contributed by atoms with Gasteiger partial charge in [0.1, 0.15) is 0 Å². The minimum Gasteiger partial charge on any atom is -0.479 e. The highest BCUT2D eigenvalue weighted by Crippen LogP contribution is 2.22. The van der Waals surface area contributed by atoms with E-state index in [4.69, 9.17) is 9.47 Å². The van der Waals surface area contributed by atoms with Gasteiger partial charge < -0.3 is 14.8 Å². The van der Waals surface area contributed by atoms with Gasteiger partial charge in [0.2, 0.25) is 0 Å². The van der Waals surface area contributed by atoms with Crippen LogP contribution in [0.25, 0.3) is 10.8 Å². The second kappa shape index (κ2) is 8.11. The van der Waals surface area contributed by atoms with Crippen molar-refractivity contribution in [1.29, 1.82) is 0 Å². The van der Waals surface area contributed by atoms with Gasteiger partial charge in [-0.2, -0.15) is 0 Å². The Balaban J connectivity index is 1.50. The lowest BCUT2D eigenvalue weighted by Gasteiger charge is -2.10. The summed E-state index contributed by atoms with van der Waals surface area (Å²) in [6.07, 6.45) is 0. The maximum atomic E-state index is 13.4. The Morgan fingerprint density at radius 3 is 2.46 bits per heavy atom. The van der Waals surface area contributed by atoms with E-state index < -0.39 is 30.9 Å². The average Bonchev–Trinajstić information content (AvgIpc) is 2.66. The summed E-state index contributed by atoms with van der Waals surface area (Å²) in [7, 11) is 0. The smallest absolute Gasteiger partial charge is 0.344 e. The number of nitrogens with one attached hydrogen (secondary N) is 1. The van der Waals surface area contributed by atoms with Crippen LogP contribution in [0.3, 0.4) is 0 Å². The normalized spacial score (nSPS) is 10.3. The molecule has 0 aliphatic heterocycles. The molecule has 6 heteroatoms. The average molecular weight is 353 g/mol. The molecule has 0 saturated carbocycles. The highest BCUT2D eigenvalue weighted by Gasteiger charge is 2.11. The molecule has 3 rings (SSSR count). The van der Waals surface area contributed by atoms with Gasteiger partial charge in [-0.05, 0) is 23.6 Å². The summed E-state index contributed by atoms with van der Waals surface area (Å²) >= 11 is 0. The van der Waals surface area contributed by atoms with Gasteiger partial charge in [-0.3, -0.25) is 4.79 Å². The van der Waals surface area contributed by atoms with E-state index in [1.807, 2.05) is 36.4 Å². The van der Waals surface area contributed by atoms with Crippen LogP contribution in [-0.2, 0) is 14.3 Å². The van der Waals surface area contributed by atoms with Crippen LogP contribution in [0.1, 0.15) is 0 Å². The van der Waals surface area contributed by atoms with Crippen LogP contribution < -0.4 is 10.1 Å². The molecule has 0 spiro atoms. The van der Waals surface area contributed by atoms with Crippen molar-refractivity contribution in [2.24, 2.45) is 0 Å². The van der Waals surface area contributed by atoms with Crippen molar-refractivity contribution in [2.75, 3.05) is 18.5 Å². The Morgan fingerprint density at radius 2 is 1.62 bits per heavy atom. The lowest BCUT2D eigenvalue weighted by molar-refractivity contribution is -0.149. The minimum absolute atomic E-state index is 0.0512. The van der Waals surface area contributed by atoms with Gasteiger partial charge in [-0.25, -0.2) is 9.18 Å². The molecule has 0 heterocycles. The van der Waals surface area contributed by atoms with E-state index in [1.165, 1.54) is 18.2 Å². The topological polar surface area (TPSA) is 64.6 Å². The van der Waals surface area contributed by atoms with E-state index in [2.05, 4.69) is 5.32 Å². The largest absolute Gasteiger partial charge is 0.479 e. The molecule has 3 aromatic carbocycles. The highest BCUT2D eigenvalue weighted by molar-refractivity contribution is 6.02. The number of benzene rings is 3. The highest BCUT2D eigenvalue weighted by atomic mass is 19.1. The summed E-state index contributed by atoms with van der Waals surface area (Å²) in [6, 6.07) is 18.8. The molecule has 0 aliphatic rings. The van der Waals surface area contributed by atoms with Gasteiger partial charge in [0, 0.05) is 11.1 Å². The molecule has 0 aliphatic carbocycles. The van der Waals surface area contributed by atoms with Gasteiger partial charge in [0.15, 0.2) is 24.8 Å². The molecular weight excluding hydrogens is 337 g/mol. The Kier molecular flexibility index (Phi) is 5.43. The van der Waals surface area contributed by atoms with Gasteiger partial charge in [-0.1, -0.05) is 48.5 Å². The first-order valence-electron chi connectivity index (χ1n) is 7.94. The SMILES string of the molecule is O=C(COC(=O)COc1ccccc1F)Nc1cccc2ccccc12. The Morgan fingerprint density at radius 1 is 0.885 bits per heavy atom. The molecule has 3 aromatic rings. The molecule has 0 fully saturated rings. The second-order valence-electron chi connectivity index (χ2n) is 5.45. The molecule has 1 N–H and O–H groups in total. The van der Waals surface area contributed by atoms with Crippen LogP contribution in [-0.4, -0.2) is 25.1 Å². The molecule has 0 radical (unpaired) electrons. The van der Waals surface area contributed by atoms with E-state index in [0.29, 0.717) is 5.69 Å². The van der Waals surface area contributed by atoms with Crippen LogP contribution in [0.5, 0.6) is 5.75 Å². The van der Waals surface area contributed by atoms with E-state index >= 15 is 0 Å². The number of amides is 1. The summed E-state index contributed by atoms with van der Waals surface area (Å²) in [5.41, 5.74) is 0.631. The number of hydrogen-bond donors (Lipinski definition) is 1. The van der Waals surface area contributed by atoms with Gasteiger partial charge in [0.05, 0.1) is 0 Å². The van der Waals surface area contributed by atoms with Crippen molar-refractivity contribution in [3.63, 3.8) is 0 Å². The van der Waals surface area contributed by atoms with E-state index in [9.17, 15) is 14.0 Å². The third-order valence-corrected chi connectivity index (χ3v) is 3.61. The number of esters is 1.